The van der Waals surface area contributed by atoms with E-state index in [1.807, 2.05) is 6.07 Å². The van der Waals surface area contributed by atoms with Gasteiger partial charge in [0.15, 0.2) is 0 Å². The van der Waals surface area contributed by atoms with Gasteiger partial charge in [-0.15, -0.1) is 0 Å². The zero-order valence-corrected chi connectivity index (χ0v) is 16.6. The first-order valence-corrected chi connectivity index (χ1v) is 9.96. The van der Waals surface area contributed by atoms with E-state index in [1.54, 1.807) is 13.1 Å². The Balaban J connectivity index is 1.36. The van der Waals surface area contributed by atoms with Gasteiger partial charge in [0.2, 0.25) is 5.95 Å². The Kier molecular flexibility index (Phi) is 5.71. The first-order valence-electron chi connectivity index (χ1n) is 9.96. The number of carbonyl (C=O) groups excluding carboxylic acids is 2. The summed E-state index contributed by atoms with van der Waals surface area (Å²) >= 11 is 0. The summed E-state index contributed by atoms with van der Waals surface area (Å²) in [7, 11) is 0. The Morgan fingerprint density at radius 2 is 1.90 bits per heavy atom. The monoisotopic (exact) mass is 395 g/mol. The van der Waals surface area contributed by atoms with E-state index in [4.69, 9.17) is 4.74 Å². The Labute approximate surface area is 170 Å². The second-order valence-electron chi connectivity index (χ2n) is 7.25. The van der Waals surface area contributed by atoms with Gasteiger partial charge < -0.3 is 14.5 Å². The molecule has 8 nitrogen and oxygen atoms in total. The number of ether oxygens (including phenoxy) is 1. The van der Waals surface area contributed by atoms with Crippen LogP contribution in [0.3, 0.4) is 0 Å². The van der Waals surface area contributed by atoms with E-state index < -0.39 is 5.97 Å². The molecule has 4 rings (SSSR count). The van der Waals surface area contributed by atoms with Gasteiger partial charge in [-0.05, 0) is 12.5 Å². The van der Waals surface area contributed by atoms with Crippen LogP contribution in [0.5, 0.6) is 0 Å². The largest absolute Gasteiger partial charge is 0.465 e. The van der Waals surface area contributed by atoms with Crippen molar-refractivity contribution in [2.75, 3.05) is 44.2 Å². The summed E-state index contributed by atoms with van der Waals surface area (Å²) < 4.78 is 4.94. The molecule has 2 aromatic rings. The van der Waals surface area contributed by atoms with Crippen molar-refractivity contribution in [3.8, 4) is 0 Å². The summed E-state index contributed by atoms with van der Waals surface area (Å²) in [5.74, 6) is 0.0255. The molecule has 8 heteroatoms. The van der Waals surface area contributed by atoms with Crippen LogP contribution in [0.1, 0.15) is 28.5 Å². The third-order valence-corrected chi connectivity index (χ3v) is 5.24. The van der Waals surface area contributed by atoms with Crippen LogP contribution in [0.4, 0.5) is 5.95 Å². The number of esters is 1. The molecule has 3 heterocycles. The number of benzene rings is 1. The van der Waals surface area contributed by atoms with E-state index in [0.717, 1.165) is 32.7 Å². The molecule has 1 saturated heterocycles. The number of anilines is 1. The molecule has 2 aliphatic rings. The second kappa shape index (κ2) is 8.57. The molecule has 1 aromatic heterocycles. The number of hydrogen-bond donors (Lipinski definition) is 0. The number of rotatable bonds is 6. The lowest BCUT2D eigenvalue weighted by atomic mass is 10.2. The zero-order valence-electron chi connectivity index (χ0n) is 16.6. The highest BCUT2D eigenvalue weighted by Crippen LogP contribution is 2.23. The van der Waals surface area contributed by atoms with Gasteiger partial charge >= 0.3 is 5.97 Å². The number of carbonyl (C=O) groups is 2. The molecule has 2 aliphatic heterocycles. The number of nitrogens with zero attached hydrogens (tertiary/aromatic N) is 5. The molecule has 0 radical (unpaired) electrons. The molecule has 1 fully saturated rings. The van der Waals surface area contributed by atoms with Gasteiger partial charge in [0.25, 0.3) is 5.91 Å². The fourth-order valence-electron chi connectivity index (χ4n) is 3.72. The number of piperazine rings is 1. The van der Waals surface area contributed by atoms with Crippen molar-refractivity contribution in [3.05, 3.63) is 53.3 Å². The SMILES string of the molecule is CCOC(=O)CN1Cc2nc(N3CCN(Cc4ccccc4)CC3)ncc2C1=O. The summed E-state index contributed by atoms with van der Waals surface area (Å²) in [5, 5.41) is 0. The van der Waals surface area contributed by atoms with Gasteiger partial charge in [-0.25, -0.2) is 9.97 Å². The summed E-state index contributed by atoms with van der Waals surface area (Å²) in [5.41, 5.74) is 2.46. The van der Waals surface area contributed by atoms with Gasteiger partial charge in [-0.1, -0.05) is 30.3 Å². The lowest BCUT2D eigenvalue weighted by molar-refractivity contribution is -0.143. The lowest BCUT2D eigenvalue weighted by Crippen LogP contribution is -2.46. The van der Waals surface area contributed by atoms with Gasteiger partial charge in [0.1, 0.15) is 6.54 Å². The maximum Gasteiger partial charge on any atom is 0.325 e. The van der Waals surface area contributed by atoms with Crippen molar-refractivity contribution in [3.63, 3.8) is 0 Å². The Hall–Kier alpha value is -3.00. The molecular weight excluding hydrogens is 370 g/mol. The minimum atomic E-state index is -0.406. The highest BCUT2D eigenvalue weighted by molar-refractivity contribution is 5.99. The molecule has 0 saturated carbocycles. The minimum absolute atomic E-state index is 0.0590. The fourth-order valence-corrected chi connectivity index (χ4v) is 3.72. The molecule has 0 N–H and O–H groups in total. The molecule has 0 unspecified atom stereocenters. The third-order valence-electron chi connectivity index (χ3n) is 5.24. The fraction of sp³-hybridized carbons (Fsp3) is 0.429. The maximum absolute atomic E-state index is 12.5. The molecule has 0 aliphatic carbocycles. The van der Waals surface area contributed by atoms with Crippen LogP contribution < -0.4 is 4.90 Å². The van der Waals surface area contributed by atoms with E-state index in [2.05, 4.69) is 44.0 Å². The van der Waals surface area contributed by atoms with Gasteiger partial charge in [0.05, 0.1) is 24.4 Å². The van der Waals surface area contributed by atoms with Crippen molar-refractivity contribution in [2.45, 2.75) is 20.0 Å². The van der Waals surface area contributed by atoms with E-state index in [1.165, 1.54) is 10.5 Å². The van der Waals surface area contributed by atoms with Crippen LogP contribution in [0.15, 0.2) is 36.5 Å². The van der Waals surface area contributed by atoms with Crippen molar-refractivity contribution in [1.29, 1.82) is 0 Å². The summed E-state index contributed by atoms with van der Waals surface area (Å²) in [6, 6.07) is 10.5. The van der Waals surface area contributed by atoms with Gasteiger partial charge in [-0.3, -0.25) is 14.5 Å². The summed E-state index contributed by atoms with van der Waals surface area (Å²) in [6.45, 7) is 6.79. The van der Waals surface area contributed by atoms with E-state index in [-0.39, 0.29) is 12.5 Å². The molecule has 29 heavy (non-hydrogen) atoms. The van der Waals surface area contributed by atoms with E-state index in [9.17, 15) is 9.59 Å². The van der Waals surface area contributed by atoms with Crippen LogP contribution in [0.25, 0.3) is 0 Å². The quantitative estimate of drug-likeness (QED) is 0.683. The van der Waals surface area contributed by atoms with Crippen LogP contribution in [-0.4, -0.2) is 71.0 Å². The molecule has 152 valence electrons. The van der Waals surface area contributed by atoms with Crippen molar-refractivity contribution in [1.82, 2.24) is 19.8 Å². The topological polar surface area (TPSA) is 78.9 Å². The maximum atomic E-state index is 12.5. The standard InChI is InChI=1S/C21H25N5O3/c1-2-29-19(27)15-26-14-18-17(20(26)28)12-22-21(23-18)25-10-8-24(9-11-25)13-16-6-4-3-5-7-16/h3-7,12H,2,8-11,13-15H2,1H3. The van der Waals surface area contributed by atoms with Crippen LogP contribution in [0.2, 0.25) is 0 Å². The van der Waals surface area contributed by atoms with Crippen molar-refractivity contribution >= 4 is 17.8 Å². The predicted molar refractivity (Wildman–Crippen MR) is 107 cm³/mol. The van der Waals surface area contributed by atoms with Crippen molar-refractivity contribution in [2.24, 2.45) is 0 Å². The molecule has 0 spiro atoms. The predicted octanol–water partition coefficient (Wildman–Crippen LogP) is 1.32. The molecule has 1 aromatic carbocycles. The first kappa shape index (κ1) is 19.3. The molecule has 1 amide bonds. The van der Waals surface area contributed by atoms with E-state index in [0.29, 0.717) is 30.4 Å². The highest BCUT2D eigenvalue weighted by atomic mass is 16.5. The van der Waals surface area contributed by atoms with Crippen LogP contribution >= 0.6 is 0 Å². The Bertz CT molecular complexity index is 881. The van der Waals surface area contributed by atoms with E-state index >= 15 is 0 Å². The first-order chi connectivity index (χ1) is 14.1. The third kappa shape index (κ3) is 4.37. The van der Waals surface area contributed by atoms with Gasteiger partial charge in [-0.2, -0.15) is 0 Å². The summed E-state index contributed by atoms with van der Waals surface area (Å²) in [6.07, 6.45) is 1.58. The number of amides is 1. The Morgan fingerprint density at radius 3 is 2.62 bits per heavy atom. The molecular formula is C21H25N5O3. The number of aromatic nitrogens is 2. The minimum Gasteiger partial charge on any atom is -0.465 e. The van der Waals surface area contributed by atoms with Crippen LogP contribution in [-0.2, 0) is 22.6 Å². The smallest absolute Gasteiger partial charge is 0.325 e. The number of fused-ring (bicyclic) bond motifs is 1. The summed E-state index contributed by atoms with van der Waals surface area (Å²) in [4.78, 5) is 39.2. The van der Waals surface area contributed by atoms with Crippen molar-refractivity contribution < 1.29 is 14.3 Å². The molecule has 0 bridgehead atoms. The number of hydrogen-bond acceptors (Lipinski definition) is 7. The van der Waals surface area contributed by atoms with Gasteiger partial charge in [0, 0.05) is 38.9 Å². The van der Waals surface area contributed by atoms with Crippen LogP contribution in [0, 0.1) is 0 Å². The lowest BCUT2D eigenvalue weighted by Gasteiger charge is -2.34. The second-order valence-corrected chi connectivity index (χ2v) is 7.25. The average molecular weight is 395 g/mol. The normalized spacial score (nSPS) is 16.8. The zero-order chi connectivity index (χ0) is 20.2. The molecule has 0 atom stereocenters. The highest BCUT2D eigenvalue weighted by Gasteiger charge is 2.32. The Morgan fingerprint density at radius 1 is 1.14 bits per heavy atom. The average Bonchev–Trinajstić information content (AvgIpc) is 3.04.